The number of H-pyrrole nitrogens is 1. The van der Waals surface area contributed by atoms with E-state index in [-0.39, 0.29) is 5.82 Å². The van der Waals surface area contributed by atoms with Crippen LogP contribution in [0.15, 0.2) is 24.5 Å². The lowest BCUT2D eigenvalue weighted by molar-refractivity contribution is -0.141. The van der Waals surface area contributed by atoms with Gasteiger partial charge in [0.25, 0.3) is 0 Å². The van der Waals surface area contributed by atoms with Crippen LogP contribution in [0.1, 0.15) is 30.9 Å². The molecule has 4 nitrogen and oxygen atoms in total. The van der Waals surface area contributed by atoms with Crippen LogP contribution in [-0.4, -0.2) is 19.7 Å². The van der Waals surface area contributed by atoms with Crippen LogP contribution in [-0.2, 0) is 11.8 Å². The minimum atomic E-state index is -4.64. The quantitative estimate of drug-likeness (QED) is 0.715. The fourth-order valence-electron chi connectivity index (χ4n) is 2.49. The summed E-state index contributed by atoms with van der Waals surface area (Å²) in [4.78, 5) is 3.47. The predicted molar refractivity (Wildman–Crippen MR) is 77.1 cm³/mol. The van der Waals surface area contributed by atoms with Crippen LogP contribution in [0.2, 0.25) is 0 Å². The van der Waals surface area contributed by atoms with Crippen LogP contribution in [0, 0.1) is 6.92 Å². The summed E-state index contributed by atoms with van der Waals surface area (Å²) in [7, 11) is 0. The number of aromatic amines is 1. The van der Waals surface area contributed by atoms with Crippen molar-refractivity contribution in [3.63, 3.8) is 0 Å². The Morgan fingerprint density at radius 1 is 1.13 bits per heavy atom. The van der Waals surface area contributed by atoms with Crippen molar-refractivity contribution in [3.05, 3.63) is 41.6 Å². The molecule has 0 saturated heterocycles. The molecule has 0 saturated carbocycles. The van der Waals surface area contributed by atoms with Crippen molar-refractivity contribution >= 4 is 10.9 Å². The third-order valence-corrected chi connectivity index (χ3v) is 3.54. The molecule has 0 bridgehead atoms. The molecule has 0 aliphatic heterocycles. The first-order valence-electron chi connectivity index (χ1n) is 6.87. The number of aryl methyl sites for hydroxylation is 1. The second-order valence-corrected chi connectivity index (χ2v) is 5.89. The summed E-state index contributed by atoms with van der Waals surface area (Å²) in [5, 5.41) is 7.45. The zero-order chi connectivity index (χ0) is 17.0. The molecule has 0 atom stereocenters. The van der Waals surface area contributed by atoms with E-state index in [9.17, 15) is 17.6 Å². The van der Waals surface area contributed by atoms with E-state index in [1.54, 1.807) is 25.3 Å². The molecule has 3 rings (SSSR count). The van der Waals surface area contributed by atoms with Gasteiger partial charge in [-0.05, 0) is 38.5 Å². The monoisotopic (exact) mass is 326 g/mol. The van der Waals surface area contributed by atoms with E-state index < -0.39 is 17.5 Å². The summed E-state index contributed by atoms with van der Waals surface area (Å²) in [6.07, 6.45) is -2.26. The second kappa shape index (κ2) is 4.81. The number of benzene rings is 1. The second-order valence-electron chi connectivity index (χ2n) is 5.89. The average molecular weight is 326 g/mol. The largest absolute Gasteiger partial charge is 0.434 e. The zero-order valence-electron chi connectivity index (χ0n) is 12.7. The van der Waals surface area contributed by atoms with Gasteiger partial charge in [0.1, 0.15) is 0 Å². The highest BCUT2D eigenvalue weighted by atomic mass is 19.4. The summed E-state index contributed by atoms with van der Waals surface area (Å²) in [6, 6.07) is 3.31. The maximum atomic E-state index is 14.4. The molecular weight excluding hydrogens is 312 g/mol. The van der Waals surface area contributed by atoms with Crippen molar-refractivity contribution in [2.75, 3.05) is 0 Å². The lowest BCUT2D eigenvalue weighted by Gasteiger charge is -2.16. The molecule has 0 unspecified atom stereocenters. The fraction of sp³-hybridized carbons (Fsp3) is 0.333. The SMILES string of the molecule is Cc1cc(-n2cc(C(F)(F)F)nc2C(C)(C)F)cc2cn[nH]c12. The number of halogens is 4. The van der Waals surface area contributed by atoms with Crippen molar-refractivity contribution in [2.45, 2.75) is 32.6 Å². The number of aromatic nitrogens is 4. The number of imidazole rings is 1. The number of nitrogens with one attached hydrogen (secondary N) is 1. The molecule has 8 heteroatoms. The fourth-order valence-corrected chi connectivity index (χ4v) is 2.49. The molecule has 3 aromatic rings. The highest BCUT2D eigenvalue weighted by molar-refractivity contribution is 5.83. The van der Waals surface area contributed by atoms with Gasteiger partial charge in [0.2, 0.25) is 0 Å². The minimum absolute atomic E-state index is 0.299. The highest BCUT2D eigenvalue weighted by Gasteiger charge is 2.38. The van der Waals surface area contributed by atoms with E-state index in [0.29, 0.717) is 5.69 Å². The molecular formula is C15H14F4N4. The molecule has 122 valence electrons. The van der Waals surface area contributed by atoms with Gasteiger partial charge in [-0.1, -0.05) is 0 Å². The summed E-state index contributed by atoms with van der Waals surface area (Å²) >= 11 is 0. The Labute approximate surface area is 129 Å². The third kappa shape index (κ3) is 2.69. The van der Waals surface area contributed by atoms with Crippen LogP contribution in [0.5, 0.6) is 0 Å². The number of hydrogen-bond acceptors (Lipinski definition) is 2. The lowest BCUT2D eigenvalue weighted by atomic mass is 10.1. The molecule has 0 aliphatic rings. The lowest BCUT2D eigenvalue weighted by Crippen LogP contribution is -2.17. The molecule has 0 amide bonds. The van der Waals surface area contributed by atoms with Crippen LogP contribution in [0.3, 0.4) is 0 Å². The zero-order valence-corrected chi connectivity index (χ0v) is 12.7. The van der Waals surface area contributed by atoms with Crippen molar-refractivity contribution in [3.8, 4) is 5.69 Å². The maximum absolute atomic E-state index is 14.4. The Morgan fingerprint density at radius 2 is 1.83 bits per heavy atom. The first kappa shape index (κ1) is 15.5. The number of fused-ring (bicyclic) bond motifs is 1. The van der Waals surface area contributed by atoms with Crippen molar-refractivity contribution in [1.29, 1.82) is 0 Å². The van der Waals surface area contributed by atoms with Crippen molar-refractivity contribution in [1.82, 2.24) is 19.7 Å². The average Bonchev–Trinajstić information content (AvgIpc) is 3.03. The van der Waals surface area contributed by atoms with Gasteiger partial charge in [0, 0.05) is 17.3 Å². The van der Waals surface area contributed by atoms with Gasteiger partial charge in [0.15, 0.2) is 17.2 Å². The molecule has 0 aliphatic carbocycles. The van der Waals surface area contributed by atoms with Gasteiger partial charge in [-0.25, -0.2) is 9.37 Å². The van der Waals surface area contributed by atoms with E-state index >= 15 is 0 Å². The topological polar surface area (TPSA) is 46.5 Å². The van der Waals surface area contributed by atoms with Gasteiger partial charge in [-0.3, -0.25) is 5.10 Å². The van der Waals surface area contributed by atoms with Crippen LogP contribution in [0.25, 0.3) is 16.6 Å². The molecule has 2 aromatic heterocycles. The molecule has 2 heterocycles. The summed E-state index contributed by atoms with van der Waals surface area (Å²) in [5.41, 5.74) is -1.17. The van der Waals surface area contributed by atoms with Crippen molar-refractivity contribution in [2.24, 2.45) is 0 Å². The van der Waals surface area contributed by atoms with E-state index in [0.717, 1.165) is 27.2 Å². The van der Waals surface area contributed by atoms with Crippen LogP contribution in [0.4, 0.5) is 17.6 Å². The maximum Gasteiger partial charge on any atom is 0.434 e. The van der Waals surface area contributed by atoms with Crippen LogP contribution >= 0.6 is 0 Å². The Kier molecular flexibility index (Phi) is 3.24. The molecule has 0 radical (unpaired) electrons. The van der Waals surface area contributed by atoms with E-state index in [1.807, 2.05) is 0 Å². The normalized spacial score (nSPS) is 13.0. The Morgan fingerprint density at radius 3 is 2.43 bits per heavy atom. The Balaban J connectivity index is 2.26. The predicted octanol–water partition coefficient (Wildman–Crippen LogP) is 4.28. The molecule has 1 N–H and O–H groups in total. The molecule has 0 fully saturated rings. The number of rotatable bonds is 2. The van der Waals surface area contributed by atoms with E-state index in [4.69, 9.17) is 0 Å². The van der Waals surface area contributed by atoms with Crippen LogP contribution < -0.4 is 0 Å². The first-order chi connectivity index (χ1) is 10.6. The standard InChI is InChI=1S/C15H14F4N4/c1-8-4-10(5-9-6-20-22-12(8)9)23-7-11(15(17,18)19)21-13(23)14(2,3)16/h4-7H,1-3H3,(H,20,22). The highest BCUT2D eigenvalue weighted by Crippen LogP contribution is 2.34. The van der Waals surface area contributed by atoms with Gasteiger partial charge in [0.05, 0.1) is 11.7 Å². The van der Waals surface area contributed by atoms with Gasteiger partial charge < -0.3 is 4.57 Å². The van der Waals surface area contributed by atoms with Gasteiger partial charge >= 0.3 is 6.18 Å². The summed E-state index contributed by atoms with van der Waals surface area (Å²) in [5.74, 6) is -0.299. The number of hydrogen-bond donors (Lipinski definition) is 1. The van der Waals surface area contributed by atoms with Crippen molar-refractivity contribution < 1.29 is 17.6 Å². The minimum Gasteiger partial charge on any atom is -0.300 e. The molecule has 23 heavy (non-hydrogen) atoms. The summed E-state index contributed by atoms with van der Waals surface area (Å²) in [6.45, 7) is 4.15. The summed E-state index contributed by atoms with van der Waals surface area (Å²) < 4.78 is 54.4. The number of alkyl halides is 4. The van der Waals surface area contributed by atoms with Gasteiger partial charge in [-0.15, -0.1) is 0 Å². The smallest absolute Gasteiger partial charge is 0.300 e. The molecule has 1 aromatic carbocycles. The Hall–Kier alpha value is -2.38. The van der Waals surface area contributed by atoms with E-state index in [2.05, 4.69) is 15.2 Å². The molecule has 0 spiro atoms. The third-order valence-electron chi connectivity index (χ3n) is 3.54. The van der Waals surface area contributed by atoms with E-state index in [1.165, 1.54) is 13.8 Å². The first-order valence-corrected chi connectivity index (χ1v) is 6.87. The number of nitrogens with zero attached hydrogens (tertiary/aromatic N) is 3. The van der Waals surface area contributed by atoms with Gasteiger partial charge in [-0.2, -0.15) is 18.3 Å². The Bertz CT molecular complexity index is 868.